The Morgan fingerprint density at radius 3 is 2.51 bits per heavy atom. The average molecular weight is 570 g/mol. The van der Waals surface area contributed by atoms with E-state index in [4.69, 9.17) is 9.47 Å². The molecule has 3 aromatic rings. The van der Waals surface area contributed by atoms with Crippen molar-refractivity contribution in [2.24, 2.45) is 5.92 Å². The number of likely N-dealkylation sites (tertiary alicyclic amines) is 1. The minimum absolute atomic E-state index is 0.283. The number of imide groups is 1. The van der Waals surface area contributed by atoms with E-state index in [1.807, 2.05) is 19.1 Å². The Morgan fingerprint density at radius 2 is 1.82 bits per heavy atom. The van der Waals surface area contributed by atoms with Crippen LogP contribution in [0.4, 0.5) is 5.69 Å². The van der Waals surface area contributed by atoms with Crippen molar-refractivity contribution in [2.75, 3.05) is 25.6 Å². The van der Waals surface area contributed by atoms with Crippen LogP contribution in [0.15, 0.2) is 52.3 Å². The van der Waals surface area contributed by atoms with E-state index in [1.165, 1.54) is 7.11 Å². The average Bonchev–Trinajstić information content (AvgIpc) is 3.39. The minimum atomic E-state index is -1.30. The Balaban J connectivity index is 1.42. The summed E-state index contributed by atoms with van der Waals surface area (Å²) >= 11 is 2.00. The highest BCUT2D eigenvalue weighted by molar-refractivity contribution is 8.00. The first-order valence-corrected chi connectivity index (χ1v) is 13.5. The Bertz CT molecular complexity index is 1530. The molecule has 5 rings (SSSR count). The second-order valence-corrected chi connectivity index (χ2v) is 11.2. The number of amides is 3. The lowest BCUT2D eigenvalue weighted by Crippen LogP contribution is -2.36. The molecule has 0 bridgehead atoms. The number of aryl methyl sites for hydroxylation is 1. The molecule has 39 heavy (non-hydrogen) atoms. The highest BCUT2D eigenvalue weighted by Gasteiger charge is 2.56. The molecule has 1 saturated heterocycles. The molecule has 202 valence electrons. The Hall–Kier alpha value is -4.10. The first kappa shape index (κ1) is 26.5. The van der Waals surface area contributed by atoms with Crippen molar-refractivity contribution >= 4 is 52.5 Å². The molecular formula is C26H23N3O8S2. The van der Waals surface area contributed by atoms with Gasteiger partial charge in [0.25, 0.3) is 5.91 Å². The summed E-state index contributed by atoms with van der Waals surface area (Å²) < 4.78 is 11.2. The number of thioether (sulfide) groups is 1. The van der Waals surface area contributed by atoms with Crippen LogP contribution in [-0.2, 0) is 19.2 Å². The number of nitrogens with zero attached hydrogens (tertiary/aromatic N) is 1. The van der Waals surface area contributed by atoms with Gasteiger partial charge in [-0.1, -0.05) is 46.9 Å². The number of H-pyrrole nitrogens is 1. The van der Waals surface area contributed by atoms with Gasteiger partial charge in [0.05, 0.1) is 18.1 Å². The third kappa shape index (κ3) is 5.14. The maximum Gasteiger partial charge on any atom is 0.323 e. The maximum atomic E-state index is 13.3. The molecule has 3 heterocycles. The van der Waals surface area contributed by atoms with Crippen molar-refractivity contribution in [3.05, 3.63) is 68.1 Å². The van der Waals surface area contributed by atoms with Crippen molar-refractivity contribution in [3.8, 4) is 11.5 Å². The fraction of sp³-hybridized carbons (Fsp3) is 0.269. The van der Waals surface area contributed by atoms with E-state index in [1.54, 1.807) is 30.3 Å². The molecule has 0 saturated carbocycles. The molecule has 3 atom stereocenters. The molecule has 2 aliphatic rings. The summed E-state index contributed by atoms with van der Waals surface area (Å²) in [5, 5.41) is 11.6. The zero-order valence-corrected chi connectivity index (χ0v) is 22.4. The number of hydrogen-bond donors (Lipinski definition) is 3. The number of carboxylic acids is 1. The van der Waals surface area contributed by atoms with Crippen molar-refractivity contribution in [1.29, 1.82) is 0 Å². The number of nitrogens with one attached hydrogen (secondary N) is 2. The molecule has 0 radical (unpaired) electrons. The van der Waals surface area contributed by atoms with Crippen molar-refractivity contribution in [3.63, 3.8) is 0 Å². The third-order valence-corrected chi connectivity index (χ3v) is 8.85. The van der Waals surface area contributed by atoms with Gasteiger partial charge in [-0.3, -0.25) is 28.9 Å². The minimum Gasteiger partial charge on any atom is -0.493 e. The molecule has 13 heteroatoms. The van der Waals surface area contributed by atoms with E-state index in [-0.39, 0.29) is 28.9 Å². The van der Waals surface area contributed by atoms with Crippen LogP contribution in [-0.4, -0.2) is 64.2 Å². The van der Waals surface area contributed by atoms with Crippen molar-refractivity contribution in [1.82, 2.24) is 9.88 Å². The van der Waals surface area contributed by atoms with Gasteiger partial charge in [0.2, 0.25) is 11.8 Å². The van der Waals surface area contributed by atoms with E-state index < -0.39 is 41.4 Å². The van der Waals surface area contributed by atoms with E-state index in [0.717, 1.165) is 33.6 Å². The third-order valence-electron chi connectivity index (χ3n) is 6.45. The zero-order valence-electron chi connectivity index (χ0n) is 20.8. The molecule has 1 fully saturated rings. The number of rotatable bonds is 8. The van der Waals surface area contributed by atoms with E-state index >= 15 is 0 Å². The normalized spacial score (nSPS) is 19.8. The Kier molecular flexibility index (Phi) is 7.19. The van der Waals surface area contributed by atoms with Gasteiger partial charge in [-0.15, -0.1) is 0 Å². The number of carbonyl (C=O) groups excluding carboxylic acids is 3. The second kappa shape index (κ2) is 10.6. The van der Waals surface area contributed by atoms with Gasteiger partial charge in [0, 0.05) is 16.5 Å². The van der Waals surface area contributed by atoms with E-state index in [9.17, 15) is 29.1 Å². The van der Waals surface area contributed by atoms with Gasteiger partial charge in [-0.05, 0) is 36.8 Å². The van der Waals surface area contributed by atoms with Gasteiger partial charge in [0.1, 0.15) is 11.8 Å². The number of benzene rings is 2. The number of methoxy groups -OCH3 is 1. The largest absolute Gasteiger partial charge is 0.493 e. The monoisotopic (exact) mass is 569 g/mol. The number of carboxylic acid groups (broad SMARTS) is 1. The number of fused-ring (bicyclic) bond motifs is 2. The van der Waals surface area contributed by atoms with Crippen LogP contribution in [0.2, 0.25) is 0 Å². The molecule has 3 amide bonds. The molecule has 3 N–H and O–H groups in total. The Morgan fingerprint density at radius 1 is 1.08 bits per heavy atom. The zero-order chi connectivity index (χ0) is 27.8. The molecule has 1 aromatic heterocycles. The lowest BCUT2D eigenvalue weighted by atomic mass is 9.83. The number of ether oxygens (including phenoxy) is 2. The molecule has 2 aromatic carbocycles. The molecule has 11 nitrogen and oxygen atoms in total. The fourth-order valence-electron chi connectivity index (χ4n) is 4.70. The first-order valence-electron chi connectivity index (χ1n) is 11.8. The lowest BCUT2D eigenvalue weighted by Gasteiger charge is -2.30. The molecule has 0 unspecified atom stereocenters. The summed E-state index contributed by atoms with van der Waals surface area (Å²) in [5.41, 5.74) is 2.28. The van der Waals surface area contributed by atoms with Crippen LogP contribution >= 0.6 is 23.1 Å². The van der Waals surface area contributed by atoms with E-state index in [0.29, 0.717) is 21.2 Å². The van der Waals surface area contributed by atoms with Gasteiger partial charge >= 0.3 is 10.8 Å². The summed E-state index contributed by atoms with van der Waals surface area (Å²) in [4.78, 5) is 65.9. The predicted molar refractivity (Wildman–Crippen MR) is 143 cm³/mol. The second-order valence-electron chi connectivity index (χ2n) is 9.02. The number of aromatic nitrogens is 1. The molecule has 2 aliphatic heterocycles. The number of aromatic amines is 1. The van der Waals surface area contributed by atoms with Gasteiger partial charge in [-0.25, -0.2) is 0 Å². The summed E-state index contributed by atoms with van der Waals surface area (Å²) in [6.07, 6.45) is 0. The Labute approximate surface area is 230 Å². The summed E-state index contributed by atoms with van der Waals surface area (Å²) in [6, 6.07) is 12.2. The summed E-state index contributed by atoms with van der Waals surface area (Å²) in [5.74, 6) is -3.91. The van der Waals surface area contributed by atoms with Crippen LogP contribution in [0.25, 0.3) is 0 Å². The number of anilines is 1. The SMILES string of the molecule is COc1cc([C@@H]2c3sc(=O)[nH]c3S[C@@H]3C(=O)N(CC(=O)O)C(=O)[C@H]23)ccc1OCC(=O)Nc1ccc(C)cc1. The lowest BCUT2D eigenvalue weighted by molar-refractivity contribution is -0.149. The molecule has 0 aliphatic carbocycles. The number of aliphatic carboxylic acids is 1. The van der Waals surface area contributed by atoms with Gasteiger partial charge in [-0.2, -0.15) is 0 Å². The standard InChI is InChI=1S/C26H23N3O8S2/c1-12-3-6-14(7-4-12)27-17(30)11-37-15-8-5-13(9-16(15)36-2)19-20-22(38-23-21(19)39-26(35)28-23)25(34)29(24(20)33)10-18(31)32/h3-9,19-20,22H,10-11H2,1-2H3,(H,27,30)(H,28,35)(H,31,32)/t19-,20+,22-/m0/s1. The van der Waals surface area contributed by atoms with Crippen molar-refractivity contribution < 1.29 is 33.8 Å². The van der Waals surface area contributed by atoms with Crippen molar-refractivity contribution in [2.45, 2.75) is 23.1 Å². The maximum absolute atomic E-state index is 13.3. The smallest absolute Gasteiger partial charge is 0.323 e. The fourth-order valence-corrected chi connectivity index (χ4v) is 7.24. The van der Waals surface area contributed by atoms with Gasteiger partial charge in [0.15, 0.2) is 18.1 Å². The number of carbonyl (C=O) groups is 4. The van der Waals surface area contributed by atoms with Crippen LogP contribution in [0.1, 0.15) is 21.9 Å². The van der Waals surface area contributed by atoms with Crippen LogP contribution in [0.5, 0.6) is 11.5 Å². The quantitative estimate of drug-likeness (QED) is 0.347. The topological polar surface area (TPSA) is 155 Å². The van der Waals surface area contributed by atoms with Crippen LogP contribution in [0.3, 0.4) is 0 Å². The van der Waals surface area contributed by atoms with E-state index in [2.05, 4.69) is 10.3 Å². The van der Waals surface area contributed by atoms with Crippen LogP contribution < -0.4 is 19.7 Å². The molecular weight excluding hydrogens is 546 g/mol. The highest BCUT2D eigenvalue weighted by atomic mass is 32.2. The predicted octanol–water partition coefficient (Wildman–Crippen LogP) is 2.45. The number of hydrogen-bond acceptors (Lipinski definition) is 9. The molecule has 0 spiro atoms. The first-order chi connectivity index (χ1) is 18.7. The summed E-state index contributed by atoms with van der Waals surface area (Å²) in [7, 11) is 1.43. The van der Waals surface area contributed by atoms with Crippen LogP contribution in [0, 0.1) is 12.8 Å². The number of thiazole rings is 1. The highest BCUT2D eigenvalue weighted by Crippen LogP contribution is 2.53. The van der Waals surface area contributed by atoms with Gasteiger partial charge < -0.3 is 24.9 Å². The summed E-state index contributed by atoms with van der Waals surface area (Å²) in [6.45, 7) is 0.929.